The van der Waals surface area contributed by atoms with Gasteiger partial charge in [-0.2, -0.15) is 0 Å². The van der Waals surface area contributed by atoms with Gasteiger partial charge in [-0.05, 0) is 49.9 Å². The van der Waals surface area contributed by atoms with E-state index in [0.717, 1.165) is 43.2 Å². The monoisotopic (exact) mass is 397 g/mol. The molecule has 6 nitrogen and oxygen atoms in total. The second-order valence-electron chi connectivity index (χ2n) is 7.42. The van der Waals surface area contributed by atoms with Crippen LogP contribution in [0.2, 0.25) is 0 Å². The van der Waals surface area contributed by atoms with Gasteiger partial charge in [0.2, 0.25) is 5.91 Å². The number of hydrogen-bond donors (Lipinski definition) is 0. The van der Waals surface area contributed by atoms with Crippen molar-refractivity contribution < 1.29 is 14.3 Å². The molecule has 6 heteroatoms. The highest BCUT2D eigenvalue weighted by Gasteiger charge is 2.22. The van der Waals surface area contributed by atoms with E-state index in [0.29, 0.717) is 19.7 Å². The Kier molecular flexibility index (Phi) is 7.36. The number of piperazine rings is 1. The molecule has 0 bridgehead atoms. The molecule has 0 atom stereocenters. The average Bonchev–Trinajstić information content (AvgIpc) is 2.75. The van der Waals surface area contributed by atoms with Crippen LogP contribution in [0.4, 0.5) is 5.69 Å². The van der Waals surface area contributed by atoms with Crippen molar-refractivity contribution in [3.8, 4) is 11.5 Å². The maximum absolute atomic E-state index is 12.6. The SMILES string of the molecule is COc1ccc(N2CCN(C(=O)CN(C)CCOc3ccccc3C)CC2)cc1. The lowest BCUT2D eigenvalue weighted by atomic mass is 10.2. The fourth-order valence-electron chi connectivity index (χ4n) is 3.45. The van der Waals surface area contributed by atoms with Crippen LogP contribution in [0.15, 0.2) is 48.5 Å². The number of carbonyl (C=O) groups excluding carboxylic acids is 1. The molecule has 1 saturated heterocycles. The van der Waals surface area contributed by atoms with Gasteiger partial charge in [-0.1, -0.05) is 18.2 Å². The second-order valence-corrected chi connectivity index (χ2v) is 7.42. The first-order valence-electron chi connectivity index (χ1n) is 10.1. The third-order valence-corrected chi connectivity index (χ3v) is 5.30. The minimum Gasteiger partial charge on any atom is -0.497 e. The molecule has 1 amide bonds. The number of amides is 1. The van der Waals surface area contributed by atoms with Crippen molar-refractivity contribution in [2.75, 3.05) is 64.9 Å². The van der Waals surface area contributed by atoms with Gasteiger partial charge in [0.25, 0.3) is 0 Å². The summed E-state index contributed by atoms with van der Waals surface area (Å²) in [5, 5.41) is 0. The van der Waals surface area contributed by atoms with Crippen molar-refractivity contribution >= 4 is 11.6 Å². The molecule has 29 heavy (non-hydrogen) atoms. The van der Waals surface area contributed by atoms with E-state index in [9.17, 15) is 4.79 Å². The summed E-state index contributed by atoms with van der Waals surface area (Å²) >= 11 is 0. The Morgan fingerprint density at radius 2 is 1.72 bits per heavy atom. The van der Waals surface area contributed by atoms with Gasteiger partial charge in [0, 0.05) is 38.4 Å². The smallest absolute Gasteiger partial charge is 0.236 e. The molecule has 1 fully saturated rings. The molecule has 2 aromatic carbocycles. The molecule has 0 aliphatic carbocycles. The number of carbonyl (C=O) groups is 1. The molecule has 1 aliphatic rings. The number of benzene rings is 2. The van der Waals surface area contributed by atoms with Crippen molar-refractivity contribution in [3.05, 3.63) is 54.1 Å². The van der Waals surface area contributed by atoms with Crippen molar-refractivity contribution in [1.82, 2.24) is 9.80 Å². The fraction of sp³-hybridized carbons (Fsp3) is 0.435. The van der Waals surface area contributed by atoms with Gasteiger partial charge in [-0.3, -0.25) is 9.69 Å². The molecule has 0 aromatic heterocycles. The van der Waals surface area contributed by atoms with E-state index in [2.05, 4.69) is 17.0 Å². The number of rotatable bonds is 8. The topological polar surface area (TPSA) is 45.2 Å². The Hall–Kier alpha value is -2.73. The summed E-state index contributed by atoms with van der Waals surface area (Å²) in [5.74, 6) is 1.94. The zero-order valence-electron chi connectivity index (χ0n) is 17.6. The van der Waals surface area contributed by atoms with Crippen LogP contribution in [0.1, 0.15) is 5.56 Å². The predicted octanol–water partition coefficient (Wildman–Crippen LogP) is 2.66. The minimum absolute atomic E-state index is 0.178. The number of ether oxygens (including phenoxy) is 2. The van der Waals surface area contributed by atoms with E-state index in [1.807, 2.05) is 60.2 Å². The molecule has 0 spiro atoms. The molecule has 2 aromatic rings. The maximum Gasteiger partial charge on any atom is 0.236 e. The van der Waals surface area contributed by atoms with E-state index in [-0.39, 0.29) is 5.91 Å². The number of hydrogen-bond acceptors (Lipinski definition) is 5. The third kappa shape index (κ3) is 5.87. The van der Waals surface area contributed by atoms with Gasteiger partial charge in [0.05, 0.1) is 13.7 Å². The van der Waals surface area contributed by atoms with Crippen molar-refractivity contribution in [2.24, 2.45) is 0 Å². The lowest BCUT2D eigenvalue weighted by Gasteiger charge is -2.36. The molecule has 1 heterocycles. The Morgan fingerprint density at radius 3 is 2.38 bits per heavy atom. The highest BCUT2D eigenvalue weighted by atomic mass is 16.5. The van der Waals surface area contributed by atoms with Crippen molar-refractivity contribution in [3.63, 3.8) is 0 Å². The molecule has 3 rings (SSSR count). The zero-order chi connectivity index (χ0) is 20.6. The lowest BCUT2D eigenvalue weighted by Crippen LogP contribution is -2.51. The second kappa shape index (κ2) is 10.2. The lowest BCUT2D eigenvalue weighted by molar-refractivity contribution is -0.132. The van der Waals surface area contributed by atoms with Crippen LogP contribution >= 0.6 is 0 Å². The number of likely N-dealkylation sites (N-methyl/N-ethyl adjacent to an activating group) is 1. The van der Waals surface area contributed by atoms with E-state index in [1.54, 1.807) is 7.11 Å². The van der Waals surface area contributed by atoms with Crippen LogP contribution in [-0.2, 0) is 4.79 Å². The fourth-order valence-corrected chi connectivity index (χ4v) is 3.45. The van der Waals surface area contributed by atoms with Gasteiger partial charge >= 0.3 is 0 Å². The Morgan fingerprint density at radius 1 is 1.03 bits per heavy atom. The first-order chi connectivity index (χ1) is 14.1. The number of methoxy groups -OCH3 is 1. The average molecular weight is 398 g/mol. The molecule has 0 saturated carbocycles. The number of nitrogens with zero attached hydrogens (tertiary/aromatic N) is 3. The summed E-state index contributed by atoms with van der Waals surface area (Å²) in [5.41, 5.74) is 2.30. The van der Waals surface area contributed by atoms with Crippen LogP contribution in [0, 0.1) is 6.92 Å². The summed E-state index contributed by atoms with van der Waals surface area (Å²) < 4.78 is 11.0. The number of para-hydroxylation sites is 1. The summed E-state index contributed by atoms with van der Waals surface area (Å²) in [6, 6.07) is 16.1. The molecular weight excluding hydrogens is 366 g/mol. The summed E-state index contributed by atoms with van der Waals surface area (Å²) in [6.07, 6.45) is 0. The van der Waals surface area contributed by atoms with Crippen LogP contribution in [0.25, 0.3) is 0 Å². The van der Waals surface area contributed by atoms with Gasteiger partial charge in [0.1, 0.15) is 18.1 Å². The molecule has 0 unspecified atom stereocenters. The highest BCUT2D eigenvalue weighted by molar-refractivity contribution is 5.78. The quantitative estimate of drug-likeness (QED) is 0.685. The largest absolute Gasteiger partial charge is 0.497 e. The normalized spacial score (nSPS) is 14.2. The third-order valence-electron chi connectivity index (χ3n) is 5.30. The van der Waals surface area contributed by atoms with E-state index in [1.165, 1.54) is 5.69 Å². The summed E-state index contributed by atoms with van der Waals surface area (Å²) in [4.78, 5) is 18.9. The van der Waals surface area contributed by atoms with Gasteiger partial charge in [0.15, 0.2) is 0 Å². The van der Waals surface area contributed by atoms with Crippen molar-refractivity contribution in [2.45, 2.75) is 6.92 Å². The summed E-state index contributed by atoms with van der Waals surface area (Å²) in [6.45, 7) is 6.92. The summed E-state index contributed by atoms with van der Waals surface area (Å²) in [7, 11) is 3.64. The van der Waals surface area contributed by atoms with Gasteiger partial charge in [-0.25, -0.2) is 0 Å². The first kappa shape index (κ1) is 21.0. The standard InChI is InChI=1S/C23H31N3O3/c1-19-6-4-5-7-22(19)29-17-16-24(2)18-23(27)26-14-12-25(13-15-26)20-8-10-21(28-3)11-9-20/h4-11H,12-18H2,1-3H3. The predicted molar refractivity (Wildman–Crippen MR) is 116 cm³/mol. The maximum atomic E-state index is 12.6. The molecule has 1 aliphatic heterocycles. The van der Waals surface area contributed by atoms with Crippen molar-refractivity contribution in [1.29, 1.82) is 0 Å². The number of aryl methyl sites for hydroxylation is 1. The molecule has 0 N–H and O–H groups in total. The Labute approximate surface area is 173 Å². The zero-order valence-corrected chi connectivity index (χ0v) is 17.6. The molecule has 0 radical (unpaired) electrons. The molecular formula is C23H31N3O3. The van der Waals surface area contributed by atoms with E-state index in [4.69, 9.17) is 9.47 Å². The number of anilines is 1. The Balaban J connectivity index is 1.39. The Bertz CT molecular complexity index is 786. The minimum atomic E-state index is 0.178. The van der Waals surface area contributed by atoms with E-state index >= 15 is 0 Å². The van der Waals surface area contributed by atoms with Crippen LogP contribution < -0.4 is 14.4 Å². The van der Waals surface area contributed by atoms with Gasteiger partial charge in [-0.15, -0.1) is 0 Å². The van der Waals surface area contributed by atoms with Crippen LogP contribution in [-0.4, -0.2) is 75.7 Å². The first-order valence-corrected chi connectivity index (χ1v) is 10.1. The molecule has 156 valence electrons. The van der Waals surface area contributed by atoms with Gasteiger partial charge < -0.3 is 19.3 Å². The van der Waals surface area contributed by atoms with Crippen LogP contribution in [0.5, 0.6) is 11.5 Å². The highest BCUT2D eigenvalue weighted by Crippen LogP contribution is 2.20. The van der Waals surface area contributed by atoms with E-state index < -0.39 is 0 Å². The van der Waals surface area contributed by atoms with Crippen LogP contribution in [0.3, 0.4) is 0 Å².